The molecule has 0 heterocycles. The summed E-state index contributed by atoms with van der Waals surface area (Å²) in [6.45, 7) is 20.9. The second-order valence-corrected chi connectivity index (χ2v) is 20.7. The van der Waals surface area contributed by atoms with Crippen molar-refractivity contribution in [2.75, 3.05) is 13.2 Å². The molecule has 0 aromatic rings. The highest BCUT2D eigenvalue weighted by atomic mass is 32.2. The lowest BCUT2D eigenvalue weighted by Gasteiger charge is -2.44. The first-order valence-electron chi connectivity index (χ1n) is 14.9. The Labute approximate surface area is 216 Å². The fourth-order valence-electron chi connectivity index (χ4n) is 5.53. The van der Waals surface area contributed by atoms with E-state index in [4.69, 9.17) is 8.85 Å². The summed E-state index contributed by atoms with van der Waals surface area (Å²) in [7, 11) is -3.62. The van der Waals surface area contributed by atoms with Gasteiger partial charge in [0.2, 0.25) is 16.6 Å². The number of hydrogen-bond donors (Lipinski definition) is 0. The summed E-state index contributed by atoms with van der Waals surface area (Å²) in [5.41, 5.74) is 0. The van der Waals surface area contributed by atoms with Crippen LogP contribution >= 0.6 is 11.8 Å². The Balaban J connectivity index is 6.18. The van der Waals surface area contributed by atoms with Gasteiger partial charge in [0.15, 0.2) is 0 Å². The number of rotatable bonds is 24. The third-order valence-electron chi connectivity index (χ3n) is 7.07. The van der Waals surface area contributed by atoms with Crippen LogP contribution in [0.15, 0.2) is 0 Å². The molecule has 200 valence electrons. The molecule has 0 spiro atoms. The molecule has 2 nitrogen and oxygen atoms in total. The summed E-state index contributed by atoms with van der Waals surface area (Å²) in [6, 6.07) is 5.36. The van der Waals surface area contributed by atoms with Gasteiger partial charge in [0.25, 0.3) is 0 Å². The fourth-order valence-corrected chi connectivity index (χ4v) is 20.7. The molecule has 0 saturated heterocycles. The van der Waals surface area contributed by atoms with Crippen LogP contribution in [0.2, 0.25) is 24.2 Å². The summed E-state index contributed by atoms with van der Waals surface area (Å²) >= 11 is 2.40. The molecule has 0 bridgehead atoms. The van der Waals surface area contributed by atoms with Crippen LogP contribution in [0.1, 0.15) is 132 Å². The van der Waals surface area contributed by atoms with E-state index in [2.05, 4.69) is 67.2 Å². The van der Waals surface area contributed by atoms with E-state index in [0.29, 0.717) is 0 Å². The van der Waals surface area contributed by atoms with Crippen LogP contribution in [0, 0.1) is 0 Å². The van der Waals surface area contributed by atoms with Crippen molar-refractivity contribution in [2.24, 2.45) is 0 Å². The Bertz CT molecular complexity index is 386. The summed E-state index contributed by atoms with van der Waals surface area (Å²) in [5, 5.41) is 0. The molecule has 0 aliphatic carbocycles. The van der Waals surface area contributed by atoms with Gasteiger partial charge in [0.1, 0.15) is 0 Å². The second kappa shape index (κ2) is 20.9. The van der Waals surface area contributed by atoms with Crippen LogP contribution in [0.5, 0.6) is 0 Å². The summed E-state index contributed by atoms with van der Waals surface area (Å²) in [4.78, 5) is 1.46. The molecule has 0 amide bonds. The van der Waals surface area contributed by atoms with Crippen LogP contribution in [-0.2, 0) is 8.85 Å². The van der Waals surface area contributed by atoms with E-state index in [1.165, 1.54) is 101 Å². The SMILES string of the molecule is CCCCO[Si](CCC)(CCC)C(CCC)SC(CCC)[Si](CCC)(CCC)OCCCC. The van der Waals surface area contributed by atoms with Crippen LogP contribution in [0.4, 0.5) is 0 Å². The van der Waals surface area contributed by atoms with Crippen LogP contribution in [0.25, 0.3) is 0 Å². The molecular formula is C28H62O2SSi2. The molecule has 0 N–H and O–H groups in total. The second-order valence-electron chi connectivity index (χ2n) is 10.2. The predicted octanol–water partition coefficient (Wildman–Crippen LogP) is 10.3. The highest BCUT2D eigenvalue weighted by molar-refractivity contribution is 8.03. The molecule has 0 aromatic heterocycles. The van der Waals surface area contributed by atoms with Crippen molar-refractivity contribution < 1.29 is 8.85 Å². The average molecular weight is 519 g/mol. The minimum Gasteiger partial charge on any atom is -0.416 e. The monoisotopic (exact) mass is 518 g/mol. The predicted molar refractivity (Wildman–Crippen MR) is 159 cm³/mol. The Kier molecular flexibility index (Phi) is 21.3. The largest absolute Gasteiger partial charge is 0.416 e. The smallest absolute Gasteiger partial charge is 0.205 e. The van der Waals surface area contributed by atoms with E-state index in [1.807, 2.05) is 0 Å². The molecule has 0 saturated carbocycles. The van der Waals surface area contributed by atoms with E-state index >= 15 is 0 Å². The topological polar surface area (TPSA) is 18.5 Å². The Hall–Kier alpha value is 0.704. The van der Waals surface area contributed by atoms with Gasteiger partial charge >= 0.3 is 0 Å². The summed E-state index contributed by atoms with van der Waals surface area (Å²) in [5.74, 6) is 0. The minimum atomic E-state index is -1.81. The third kappa shape index (κ3) is 12.0. The third-order valence-corrected chi connectivity index (χ3v) is 21.5. The van der Waals surface area contributed by atoms with Gasteiger partial charge in [-0.1, -0.05) is 107 Å². The van der Waals surface area contributed by atoms with Crippen molar-refractivity contribution in [1.82, 2.24) is 0 Å². The molecule has 0 rings (SSSR count). The standard InChI is InChI=1S/C28H62O2SSi2/c1-9-17-21-29-32(23-13-5,24-14-6)27(19-11-3)31-28(20-12-4)33(25-15-7,26-16-8)30-22-18-10-2/h27-28H,9-26H2,1-8H3. The average Bonchev–Trinajstić information content (AvgIpc) is 2.79. The molecule has 5 heteroatoms. The van der Waals surface area contributed by atoms with Crippen LogP contribution < -0.4 is 0 Å². The van der Waals surface area contributed by atoms with Gasteiger partial charge in [0.05, 0.1) is 0 Å². The molecule has 0 aliphatic heterocycles. The van der Waals surface area contributed by atoms with Gasteiger partial charge < -0.3 is 8.85 Å². The molecule has 0 aliphatic rings. The number of unbranched alkanes of at least 4 members (excludes halogenated alkanes) is 2. The van der Waals surface area contributed by atoms with E-state index in [1.54, 1.807) is 0 Å². The van der Waals surface area contributed by atoms with Gasteiger partial charge in [-0.15, -0.1) is 0 Å². The lowest BCUT2D eigenvalue weighted by atomic mass is 10.4. The summed E-state index contributed by atoms with van der Waals surface area (Å²) < 4.78 is 14.1. The molecule has 33 heavy (non-hydrogen) atoms. The minimum absolute atomic E-state index is 0.728. The first kappa shape index (κ1) is 33.7. The lowest BCUT2D eigenvalue weighted by Crippen LogP contribution is -2.54. The van der Waals surface area contributed by atoms with Gasteiger partial charge in [-0.2, -0.15) is 11.8 Å². The van der Waals surface area contributed by atoms with Gasteiger partial charge in [-0.05, 0) is 49.9 Å². The molecule has 2 atom stereocenters. The van der Waals surface area contributed by atoms with Crippen molar-refractivity contribution in [2.45, 2.75) is 166 Å². The lowest BCUT2D eigenvalue weighted by molar-refractivity contribution is 0.284. The van der Waals surface area contributed by atoms with Crippen molar-refractivity contribution in [3.63, 3.8) is 0 Å². The first-order valence-corrected chi connectivity index (χ1v) is 20.7. The van der Waals surface area contributed by atoms with Crippen LogP contribution in [-0.4, -0.2) is 39.6 Å². The zero-order valence-corrected chi connectivity index (χ0v) is 26.9. The van der Waals surface area contributed by atoms with Gasteiger partial charge in [-0.25, -0.2) is 0 Å². The van der Waals surface area contributed by atoms with Crippen molar-refractivity contribution in [3.05, 3.63) is 0 Å². The maximum Gasteiger partial charge on any atom is 0.205 e. The molecular weight excluding hydrogens is 457 g/mol. The fraction of sp³-hybridized carbons (Fsp3) is 1.00. The van der Waals surface area contributed by atoms with Gasteiger partial charge in [0, 0.05) is 23.0 Å². The van der Waals surface area contributed by atoms with Crippen molar-refractivity contribution in [3.8, 4) is 0 Å². The first-order chi connectivity index (χ1) is 16.0. The molecule has 0 fully saturated rings. The maximum absolute atomic E-state index is 7.07. The zero-order valence-electron chi connectivity index (χ0n) is 24.1. The zero-order chi connectivity index (χ0) is 25.0. The highest BCUT2D eigenvalue weighted by Gasteiger charge is 2.48. The van der Waals surface area contributed by atoms with Crippen molar-refractivity contribution >= 4 is 28.4 Å². The Morgan fingerprint density at radius 1 is 0.485 bits per heavy atom. The van der Waals surface area contributed by atoms with Crippen molar-refractivity contribution in [1.29, 1.82) is 0 Å². The molecule has 2 unspecified atom stereocenters. The maximum atomic E-state index is 7.07. The normalized spacial score (nSPS) is 14.5. The Morgan fingerprint density at radius 2 is 0.818 bits per heavy atom. The molecule has 0 aromatic carbocycles. The summed E-state index contributed by atoms with van der Waals surface area (Å²) in [6.07, 6.45) is 15.2. The quantitative estimate of drug-likeness (QED) is 0.0934. The van der Waals surface area contributed by atoms with E-state index in [9.17, 15) is 0 Å². The number of thioether (sulfide) groups is 1. The Morgan fingerprint density at radius 3 is 1.06 bits per heavy atom. The van der Waals surface area contributed by atoms with E-state index in [-0.39, 0.29) is 0 Å². The van der Waals surface area contributed by atoms with Crippen LogP contribution in [0.3, 0.4) is 0 Å². The van der Waals surface area contributed by atoms with E-state index < -0.39 is 16.6 Å². The number of hydrogen-bond acceptors (Lipinski definition) is 3. The highest BCUT2D eigenvalue weighted by Crippen LogP contribution is 2.44. The van der Waals surface area contributed by atoms with Gasteiger partial charge in [-0.3, -0.25) is 0 Å². The molecule has 0 radical (unpaired) electrons. The van der Waals surface area contributed by atoms with E-state index in [0.717, 1.165) is 23.0 Å².